The molecule has 1 amide bonds. The number of amides is 1. The van der Waals surface area contributed by atoms with E-state index < -0.39 is 0 Å². The standard InChI is InChI=1S/C18H22FN5O/c1-13(2)22-17-12-20-16(11-21-17)18(25)24-9-7-23(8-10-24)15-5-3-14(19)4-6-15/h3-6,11-13H,7-10H2,1-2H3,(H,21,22). The number of nitrogens with one attached hydrogen (secondary N) is 1. The maximum absolute atomic E-state index is 13.0. The van der Waals surface area contributed by atoms with Gasteiger partial charge in [0.2, 0.25) is 0 Å². The van der Waals surface area contributed by atoms with Crippen molar-refractivity contribution in [2.24, 2.45) is 0 Å². The summed E-state index contributed by atoms with van der Waals surface area (Å²) in [6.45, 7) is 6.64. The zero-order valence-corrected chi connectivity index (χ0v) is 14.4. The first kappa shape index (κ1) is 17.1. The summed E-state index contributed by atoms with van der Waals surface area (Å²) < 4.78 is 13.0. The van der Waals surface area contributed by atoms with E-state index in [9.17, 15) is 9.18 Å². The molecular weight excluding hydrogens is 321 g/mol. The Morgan fingerprint density at radius 1 is 1.08 bits per heavy atom. The summed E-state index contributed by atoms with van der Waals surface area (Å²) in [5.41, 5.74) is 1.32. The van der Waals surface area contributed by atoms with Crippen molar-refractivity contribution < 1.29 is 9.18 Å². The molecule has 0 saturated carbocycles. The molecule has 0 bridgehead atoms. The zero-order chi connectivity index (χ0) is 17.8. The van der Waals surface area contributed by atoms with Crippen LogP contribution in [0.3, 0.4) is 0 Å². The Labute approximate surface area is 146 Å². The quantitative estimate of drug-likeness (QED) is 0.924. The van der Waals surface area contributed by atoms with Crippen molar-refractivity contribution in [2.45, 2.75) is 19.9 Å². The van der Waals surface area contributed by atoms with Crippen LogP contribution in [-0.4, -0.2) is 53.0 Å². The van der Waals surface area contributed by atoms with E-state index in [0.717, 1.165) is 5.69 Å². The molecule has 2 aromatic rings. The lowest BCUT2D eigenvalue weighted by atomic mass is 10.2. The molecule has 0 spiro atoms. The van der Waals surface area contributed by atoms with Gasteiger partial charge in [-0.15, -0.1) is 0 Å². The molecule has 2 heterocycles. The van der Waals surface area contributed by atoms with Crippen LogP contribution in [0.4, 0.5) is 15.9 Å². The van der Waals surface area contributed by atoms with E-state index in [2.05, 4.69) is 20.2 Å². The molecular formula is C18H22FN5O. The van der Waals surface area contributed by atoms with Gasteiger partial charge in [-0.25, -0.2) is 14.4 Å². The molecule has 1 saturated heterocycles. The van der Waals surface area contributed by atoms with E-state index in [-0.39, 0.29) is 17.8 Å². The number of hydrogen-bond donors (Lipinski definition) is 1. The van der Waals surface area contributed by atoms with E-state index >= 15 is 0 Å². The maximum atomic E-state index is 13.0. The predicted molar refractivity (Wildman–Crippen MR) is 95.3 cm³/mol. The van der Waals surface area contributed by atoms with Crippen molar-refractivity contribution in [1.82, 2.24) is 14.9 Å². The minimum atomic E-state index is -0.244. The minimum absolute atomic E-state index is 0.109. The monoisotopic (exact) mass is 343 g/mol. The van der Waals surface area contributed by atoms with Crippen LogP contribution >= 0.6 is 0 Å². The van der Waals surface area contributed by atoms with Crippen molar-refractivity contribution in [3.8, 4) is 0 Å². The Morgan fingerprint density at radius 2 is 1.76 bits per heavy atom. The summed E-state index contributed by atoms with van der Waals surface area (Å²) in [6, 6.07) is 6.69. The van der Waals surface area contributed by atoms with Crippen LogP contribution in [0.2, 0.25) is 0 Å². The summed E-state index contributed by atoms with van der Waals surface area (Å²) in [5.74, 6) is 0.307. The molecule has 1 aromatic heterocycles. The number of halogens is 1. The van der Waals surface area contributed by atoms with Crippen molar-refractivity contribution in [2.75, 3.05) is 36.4 Å². The topological polar surface area (TPSA) is 61.4 Å². The van der Waals surface area contributed by atoms with Crippen LogP contribution in [0, 0.1) is 5.82 Å². The van der Waals surface area contributed by atoms with Gasteiger partial charge in [-0.3, -0.25) is 4.79 Å². The molecule has 0 radical (unpaired) electrons. The minimum Gasteiger partial charge on any atom is -0.368 e. The second-order valence-electron chi connectivity index (χ2n) is 6.34. The number of aromatic nitrogens is 2. The fraction of sp³-hybridized carbons (Fsp3) is 0.389. The number of benzene rings is 1. The average Bonchev–Trinajstić information content (AvgIpc) is 2.62. The van der Waals surface area contributed by atoms with E-state index in [1.807, 2.05) is 13.8 Å². The first-order chi connectivity index (χ1) is 12.0. The largest absolute Gasteiger partial charge is 0.368 e. The SMILES string of the molecule is CC(C)Nc1cnc(C(=O)N2CCN(c3ccc(F)cc3)CC2)cn1. The lowest BCUT2D eigenvalue weighted by molar-refractivity contribution is 0.0740. The van der Waals surface area contributed by atoms with Crippen LogP contribution < -0.4 is 10.2 Å². The predicted octanol–water partition coefficient (Wildman–Crippen LogP) is 2.40. The highest BCUT2D eigenvalue weighted by Crippen LogP contribution is 2.17. The van der Waals surface area contributed by atoms with Crippen LogP contribution in [0.5, 0.6) is 0 Å². The number of hydrogen-bond acceptors (Lipinski definition) is 5. The normalized spacial score (nSPS) is 14.7. The van der Waals surface area contributed by atoms with Gasteiger partial charge in [0.15, 0.2) is 0 Å². The summed E-state index contributed by atoms with van der Waals surface area (Å²) in [6.07, 6.45) is 3.10. The third kappa shape index (κ3) is 4.23. The fourth-order valence-electron chi connectivity index (χ4n) is 2.79. The number of piperazine rings is 1. The van der Waals surface area contributed by atoms with Gasteiger partial charge >= 0.3 is 0 Å². The van der Waals surface area contributed by atoms with Crippen molar-refractivity contribution in [3.05, 3.63) is 48.2 Å². The lowest BCUT2D eigenvalue weighted by Crippen LogP contribution is -2.49. The van der Waals surface area contributed by atoms with E-state index in [4.69, 9.17) is 0 Å². The number of rotatable bonds is 4. The molecule has 7 heteroatoms. The van der Waals surface area contributed by atoms with E-state index in [1.165, 1.54) is 18.3 Å². The van der Waals surface area contributed by atoms with Crippen molar-refractivity contribution in [1.29, 1.82) is 0 Å². The van der Waals surface area contributed by atoms with Gasteiger partial charge < -0.3 is 15.1 Å². The van der Waals surface area contributed by atoms with Crippen molar-refractivity contribution in [3.63, 3.8) is 0 Å². The smallest absolute Gasteiger partial charge is 0.274 e. The van der Waals surface area contributed by atoms with Crippen LogP contribution in [-0.2, 0) is 0 Å². The van der Waals surface area contributed by atoms with Gasteiger partial charge in [0.05, 0.1) is 12.4 Å². The van der Waals surface area contributed by atoms with Gasteiger partial charge in [0, 0.05) is 37.9 Å². The molecule has 25 heavy (non-hydrogen) atoms. The summed E-state index contributed by atoms with van der Waals surface area (Å²) in [4.78, 5) is 24.9. The van der Waals surface area contributed by atoms with Crippen LogP contribution in [0.25, 0.3) is 0 Å². The number of anilines is 2. The highest BCUT2D eigenvalue weighted by molar-refractivity contribution is 5.92. The fourth-order valence-corrected chi connectivity index (χ4v) is 2.79. The molecule has 0 aliphatic carbocycles. The molecule has 0 atom stereocenters. The molecule has 1 aliphatic rings. The molecule has 132 valence electrons. The van der Waals surface area contributed by atoms with Gasteiger partial charge in [-0.2, -0.15) is 0 Å². The number of carbonyl (C=O) groups excluding carboxylic acids is 1. The van der Waals surface area contributed by atoms with E-state index in [1.54, 1.807) is 23.2 Å². The molecule has 1 N–H and O–H groups in total. The Balaban J connectivity index is 1.58. The van der Waals surface area contributed by atoms with Gasteiger partial charge in [-0.05, 0) is 38.1 Å². The number of carbonyl (C=O) groups is 1. The molecule has 1 fully saturated rings. The summed E-state index contributed by atoms with van der Waals surface area (Å²) in [7, 11) is 0. The van der Waals surface area contributed by atoms with Gasteiger partial charge in [0.25, 0.3) is 5.91 Å². The molecule has 1 aromatic carbocycles. The van der Waals surface area contributed by atoms with Crippen LogP contribution in [0.1, 0.15) is 24.3 Å². The molecule has 3 rings (SSSR count). The molecule has 0 unspecified atom stereocenters. The number of nitrogens with zero attached hydrogens (tertiary/aromatic N) is 4. The van der Waals surface area contributed by atoms with Gasteiger partial charge in [0.1, 0.15) is 17.3 Å². The Kier molecular flexibility index (Phi) is 5.11. The maximum Gasteiger partial charge on any atom is 0.274 e. The Morgan fingerprint density at radius 3 is 2.32 bits per heavy atom. The highest BCUT2D eigenvalue weighted by atomic mass is 19.1. The zero-order valence-electron chi connectivity index (χ0n) is 14.4. The lowest BCUT2D eigenvalue weighted by Gasteiger charge is -2.35. The highest BCUT2D eigenvalue weighted by Gasteiger charge is 2.23. The second-order valence-corrected chi connectivity index (χ2v) is 6.34. The molecule has 1 aliphatic heterocycles. The second kappa shape index (κ2) is 7.46. The summed E-state index contributed by atoms with van der Waals surface area (Å²) >= 11 is 0. The first-order valence-corrected chi connectivity index (χ1v) is 8.41. The third-order valence-corrected chi connectivity index (χ3v) is 4.07. The van der Waals surface area contributed by atoms with Crippen LogP contribution in [0.15, 0.2) is 36.7 Å². The molecule has 6 nitrogen and oxygen atoms in total. The van der Waals surface area contributed by atoms with E-state index in [0.29, 0.717) is 37.7 Å². The first-order valence-electron chi connectivity index (χ1n) is 8.41. The third-order valence-electron chi connectivity index (χ3n) is 4.07. The average molecular weight is 343 g/mol. The Bertz CT molecular complexity index is 709. The van der Waals surface area contributed by atoms with Crippen molar-refractivity contribution >= 4 is 17.4 Å². The van der Waals surface area contributed by atoms with Gasteiger partial charge in [-0.1, -0.05) is 0 Å². The summed E-state index contributed by atoms with van der Waals surface area (Å²) in [5, 5.41) is 3.15. The Hall–Kier alpha value is -2.70.